The molecule has 1 fully saturated rings. The van der Waals surface area contributed by atoms with E-state index in [0.717, 1.165) is 43.7 Å². The molecular weight excluding hydrogens is 216 g/mol. The summed E-state index contributed by atoms with van der Waals surface area (Å²) in [6.45, 7) is 4.88. The van der Waals surface area contributed by atoms with Gasteiger partial charge in [0.2, 0.25) is 0 Å². The normalized spacial score (nSPS) is 18.5. The number of anilines is 2. The Morgan fingerprint density at radius 2 is 2.12 bits per heavy atom. The van der Waals surface area contributed by atoms with Crippen molar-refractivity contribution in [3.05, 3.63) is 5.69 Å². The van der Waals surface area contributed by atoms with Crippen LogP contribution in [0.2, 0.25) is 0 Å². The van der Waals surface area contributed by atoms with Gasteiger partial charge in [-0.25, -0.2) is 4.68 Å². The fourth-order valence-electron chi connectivity index (χ4n) is 2.58. The van der Waals surface area contributed by atoms with Crippen LogP contribution < -0.4 is 11.1 Å². The van der Waals surface area contributed by atoms with Crippen molar-refractivity contribution in [1.29, 1.82) is 0 Å². The summed E-state index contributed by atoms with van der Waals surface area (Å²) in [5, 5.41) is 17.4. The van der Waals surface area contributed by atoms with E-state index in [1.54, 1.807) is 0 Å². The first-order valence-corrected chi connectivity index (χ1v) is 6.34. The van der Waals surface area contributed by atoms with Gasteiger partial charge in [-0.2, -0.15) is 5.10 Å². The largest absolute Gasteiger partial charge is 0.394 e. The number of nitrogen functional groups attached to an aromatic ring is 1. The highest BCUT2D eigenvalue weighted by molar-refractivity contribution is 5.65. The lowest BCUT2D eigenvalue weighted by atomic mass is 9.99. The number of nitrogens with one attached hydrogen (secondary N) is 1. The topological polar surface area (TPSA) is 76.1 Å². The minimum absolute atomic E-state index is 0.153. The number of nitrogens with zero attached hydrogens (tertiary/aromatic N) is 2. The van der Waals surface area contributed by atoms with Crippen molar-refractivity contribution in [1.82, 2.24) is 9.78 Å². The molecule has 5 heteroatoms. The maximum Gasteiger partial charge on any atom is 0.148 e. The molecule has 0 amide bonds. The molecule has 4 N–H and O–H groups in total. The lowest BCUT2D eigenvalue weighted by Crippen LogP contribution is -2.40. The Bertz CT molecular complexity index is 393. The van der Waals surface area contributed by atoms with Crippen molar-refractivity contribution in [3.63, 3.8) is 0 Å². The van der Waals surface area contributed by atoms with E-state index in [4.69, 9.17) is 5.73 Å². The Hall–Kier alpha value is -1.23. The molecule has 17 heavy (non-hydrogen) atoms. The van der Waals surface area contributed by atoms with E-state index in [2.05, 4.69) is 10.4 Å². The van der Waals surface area contributed by atoms with Gasteiger partial charge in [-0.05, 0) is 26.7 Å². The van der Waals surface area contributed by atoms with Gasteiger partial charge in [0, 0.05) is 6.54 Å². The second-order valence-electron chi connectivity index (χ2n) is 4.93. The first-order chi connectivity index (χ1) is 8.12. The summed E-state index contributed by atoms with van der Waals surface area (Å²) in [7, 11) is 0. The van der Waals surface area contributed by atoms with Crippen LogP contribution in [0.4, 0.5) is 11.5 Å². The van der Waals surface area contributed by atoms with Crippen LogP contribution in [-0.4, -0.2) is 27.0 Å². The molecule has 1 heterocycles. The average Bonchev–Trinajstić information content (AvgIpc) is 2.90. The molecule has 0 atom stereocenters. The zero-order valence-corrected chi connectivity index (χ0v) is 10.7. The van der Waals surface area contributed by atoms with E-state index in [1.165, 1.54) is 0 Å². The summed E-state index contributed by atoms with van der Waals surface area (Å²) in [4.78, 5) is 0. The summed E-state index contributed by atoms with van der Waals surface area (Å²) in [5.41, 5.74) is 7.39. The van der Waals surface area contributed by atoms with Gasteiger partial charge >= 0.3 is 0 Å². The standard InChI is InChI=1S/C12H22N4O/c1-3-16-11(10(13)9(2)15-16)14-12(8-17)6-4-5-7-12/h14,17H,3-8,13H2,1-2H3. The maximum atomic E-state index is 9.61. The third-order valence-corrected chi connectivity index (χ3v) is 3.72. The van der Waals surface area contributed by atoms with Crippen molar-refractivity contribution in [3.8, 4) is 0 Å². The molecule has 0 aliphatic heterocycles. The Morgan fingerprint density at radius 3 is 2.65 bits per heavy atom. The van der Waals surface area contributed by atoms with Crippen molar-refractivity contribution < 1.29 is 5.11 Å². The quantitative estimate of drug-likeness (QED) is 0.743. The number of hydrogen-bond acceptors (Lipinski definition) is 4. The summed E-state index contributed by atoms with van der Waals surface area (Å²) in [6, 6.07) is 0. The van der Waals surface area contributed by atoms with E-state index < -0.39 is 0 Å². The first kappa shape index (κ1) is 12.2. The molecule has 0 bridgehead atoms. The lowest BCUT2D eigenvalue weighted by molar-refractivity contribution is 0.213. The molecule has 5 nitrogen and oxygen atoms in total. The highest BCUT2D eigenvalue weighted by Gasteiger charge is 2.34. The summed E-state index contributed by atoms with van der Waals surface area (Å²) < 4.78 is 1.88. The number of nitrogens with two attached hydrogens (primary N) is 1. The van der Waals surface area contributed by atoms with Gasteiger partial charge in [0.1, 0.15) is 5.82 Å². The van der Waals surface area contributed by atoms with Gasteiger partial charge in [-0.15, -0.1) is 0 Å². The Balaban J connectivity index is 2.28. The lowest BCUT2D eigenvalue weighted by Gasteiger charge is -2.29. The van der Waals surface area contributed by atoms with Crippen molar-refractivity contribution in [2.45, 2.75) is 51.6 Å². The number of hydrogen-bond donors (Lipinski definition) is 3. The number of aliphatic hydroxyl groups excluding tert-OH is 1. The minimum atomic E-state index is -0.201. The number of rotatable bonds is 4. The predicted molar refractivity (Wildman–Crippen MR) is 69.0 cm³/mol. The predicted octanol–water partition coefficient (Wildman–Crippen LogP) is 1.51. The molecule has 0 spiro atoms. The molecule has 96 valence electrons. The van der Waals surface area contributed by atoms with Gasteiger partial charge in [0.05, 0.1) is 23.5 Å². The van der Waals surface area contributed by atoms with Gasteiger partial charge in [0.25, 0.3) is 0 Å². The molecule has 1 aromatic rings. The molecule has 0 saturated heterocycles. The number of aromatic nitrogens is 2. The second kappa shape index (κ2) is 4.56. The zero-order chi connectivity index (χ0) is 12.5. The van der Waals surface area contributed by atoms with E-state index in [1.807, 2.05) is 18.5 Å². The van der Waals surface area contributed by atoms with Crippen LogP contribution in [0, 0.1) is 6.92 Å². The number of aryl methyl sites for hydroxylation is 2. The molecule has 1 aromatic heterocycles. The first-order valence-electron chi connectivity index (χ1n) is 6.34. The fourth-order valence-corrected chi connectivity index (χ4v) is 2.58. The monoisotopic (exact) mass is 238 g/mol. The SMILES string of the molecule is CCn1nc(C)c(N)c1NC1(CO)CCCC1. The van der Waals surface area contributed by atoms with Crippen LogP contribution in [0.5, 0.6) is 0 Å². The van der Waals surface area contributed by atoms with Crippen LogP contribution in [0.15, 0.2) is 0 Å². The van der Waals surface area contributed by atoms with Gasteiger partial charge in [-0.3, -0.25) is 0 Å². The number of aliphatic hydroxyl groups is 1. The third kappa shape index (κ3) is 2.11. The van der Waals surface area contributed by atoms with Crippen molar-refractivity contribution in [2.75, 3.05) is 17.7 Å². The summed E-state index contributed by atoms with van der Waals surface area (Å²) in [5.74, 6) is 0.862. The van der Waals surface area contributed by atoms with Crippen LogP contribution in [0.3, 0.4) is 0 Å². The molecule has 0 aromatic carbocycles. The van der Waals surface area contributed by atoms with Crippen LogP contribution in [0.1, 0.15) is 38.3 Å². The van der Waals surface area contributed by atoms with Crippen molar-refractivity contribution >= 4 is 11.5 Å². The molecule has 1 aliphatic rings. The highest BCUT2D eigenvalue weighted by Crippen LogP contribution is 2.35. The average molecular weight is 238 g/mol. The van der Waals surface area contributed by atoms with E-state index in [-0.39, 0.29) is 12.1 Å². The van der Waals surface area contributed by atoms with Crippen LogP contribution >= 0.6 is 0 Å². The summed E-state index contributed by atoms with van der Waals surface area (Å²) >= 11 is 0. The molecular formula is C12H22N4O. The Labute approximate surface area is 102 Å². The molecule has 1 saturated carbocycles. The van der Waals surface area contributed by atoms with Gasteiger partial charge in [-0.1, -0.05) is 12.8 Å². The smallest absolute Gasteiger partial charge is 0.148 e. The Morgan fingerprint density at radius 1 is 1.47 bits per heavy atom. The molecule has 0 unspecified atom stereocenters. The van der Waals surface area contributed by atoms with E-state index >= 15 is 0 Å². The minimum Gasteiger partial charge on any atom is -0.394 e. The van der Waals surface area contributed by atoms with Gasteiger partial charge < -0.3 is 16.2 Å². The van der Waals surface area contributed by atoms with Gasteiger partial charge in [0.15, 0.2) is 0 Å². The zero-order valence-electron chi connectivity index (χ0n) is 10.7. The highest BCUT2D eigenvalue weighted by atomic mass is 16.3. The Kier molecular flexibility index (Phi) is 3.28. The van der Waals surface area contributed by atoms with E-state index in [9.17, 15) is 5.11 Å². The van der Waals surface area contributed by atoms with E-state index in [0.29, 0.717) is 5.69 Å². The molecule has 1 aliphatic carbocycles. The molecule has 0 radical (unpaired) electrons. The van der Waals surface area contributed by atoms with Crippen LogP contribution in [0.25, 0.3) is 0 Å². The third-order valence-electron chi connectivity index (χ3n) is 3.72. The summed E-state index contributed by atoms with van der Waals surface area (Å²) in [6.07, 6.45) is 4.31. The molecule has 2 rings (SSSR count). The van der Waals surface area contributed by atoms with Crippen LogP contribution in [-0.2, 0) is 6.54 Å². The maximum absolute atomic E-state index is 9.61. The second-order valence-corrected chi connectivity index (χ2v) is 4.93. The van der Waals surface area contributed by atoms with Crippen molar-refractivity contribution in [2.24, 2.45) is 0 Å². The fraction of sp³-hybridized carbons (Fsp3) is 0.750.